The summed E-state index contributed by atoms with van der Waals surface area (Å²) in [7, 11) is -3.54. The Morgan fingerprint density at radius 1 is 1.08 bits per heavy atom. The Morgan fingerprint density at radius 2 is 1.88 bits per heavy atom. The van der Waals surface area contributed by atoms with Gasteiger partial charge in [-0.15, -0.1) is 0 Å². The summed E-state index contributed by atoms with van der Waals surface area (Å²) in [5.74, 6) is 0.503. The molecule has 7 heteroatoms. The van der Waals surface area contributed by atoms with E-state index in [1.165, 1.54) is 4.31 Å². The van der Waals surface area contributed by atoms with Gasteiger partial charge in [-0.25, -0.2) is 13.4 Å². The van der Waals surface area contributed by atoms with Gasteiger partial charge in [0, 0.05) is 23.3 Å². The van der Waals surface area contributed by atoms with Gasteiger partial charge in [0.2, 0.25) is 15.9 Å². The van der Waals surface area contributed by atoms with Crippen LogP contribution in [0.4, 0.5) is 0 Å². The first kappa shape index (κ1) is 17.5. The van der Waals surface area contributed by atoms with Gasteiger partial charge in [0.15, 0.2) is 0 Å². The lowest BCUT2D eigenvalue weighted by molar-refractivity contribution is 0.207. The normalized spacial score (nSPS) is 18.3. The zero-order chi connectivity index (χ0) is 18.1. The number of aromatic nitrogens is 1. The molecule has 0 amide bonds. The van der Waals surface area contributed by atoms with Crippen LogP contribution in [0, 0.1) is 0 Å². The molecule has 1 saturated heterocycles. The van der Waals surface area contributed by atoms with E-state index >= 15 is 0 Å². The predicted octanol–water partition coefficient (Wildman–Crippen LogP) is 3.84. The highest BCUT2D eigenvalue weighted by atomic mass is 79.9. The van der Waals surface area contributed by atoms with Crippen molar-refractivity contribution in [3.05, 3.63) is 65.3 Å². The van der Waals surface area contributed by atoms with Crippen LogP contribution in [0.5, 0.6) is 5.88 Å². The van der Waals surface area contributed by atoms with Crippen molar-refractivity contribution in [3.63, 3.8) is 0 Å². The van der Waals surface area contributed by atoms with E-state index in [1.54, 1.807) is 24.4 Å². The highest BCUT2D eigenvalue weighted by Gasteiger charge is 2.33. The molecule has 1 aliphatic heterocycles. The molecule has 0 spiro atoms. The van der Waals surface area contributed by atoms with E-state index in [9.17, 15) is 8.42 Å². The fraction of sp³-hybridized carbons (Fsp3) is 0.211. The molecule has 5 nitrogen and oxygen atoms in total. The standard InChI is InChI=1S/C19H17BrN2O3S/c20-16-6-8-19(21-12-16)25-17-9-10-22(13-17)26(23,24)18-7-5-14-3-1-2-4-15(14)11-18/h1-8,11-12,17H,9-10,13H2. The van der Waals surface area contributed by atoms with Crippen LogP contribution < -0.4 is 4.74 Å². The highest BCUT2D eigenvalue weighted by molar-refractivity contribution is 9.10. The van der Waals surface area contributed by atoms with Crippen molar-refractivity contribution in [1.29, 1.82) is 0 Å². The minimum atomic E-state index is -3.54. The van der Waals surface area contributed by atoms with E-state index in [4.69, 9.17) is 4.74 Å². The van der Waals surface area contributed by atoms with Crippen LogP contribution in [0.15, 0.2) is 70.2 Å². The van der Waals surface area contributed by atoms with E-state index in [0.29, 0.717) is 30.3 Å². The molecule has 1 atom stereocenters. The van der Waals surface area contributed by atoms with E-state index in [2.05, 4.69) is 20.9 Å². The molecule has 3 aromatic rings. The monoisotopic (exact) mass is 432 g/mol. The van der Waals surface area contributed by atoms with Crippen molar-refractivity contribution in [2.24, 2.45) is 0 Å². The molecule has 0 radical (unpaired) electrons. The average Bonchev–Trinajstić information content (AvgIpc) is 3.12. The van der Waals surface area contributed by atoms with Gasteiger partial charge in [-0.3, -0.25) is 0 Å². The molecule has 1 unspecified atom stereocenters. The number of rotatable bonds is 4. The third-order valence-corrected chi connectivity index (χ3v) is 6.78. The summed E-state index contributed by atoms with van der Waals surface area (Å²) in [4.78, 5) is 4.50. The van der Waals surface area contributed by atoms with E-state index in [-0.39, 0.29) is 6.10 Å². The van der Waals surface area contributed by atoms with Crippen LogP contribution in [-0.2, 0) is 10.0 Å². The number of sulfonamides is 1. The van der Waals surface area contributed by atoms with Gasteiger partial charge in [-0.05, 0) is 51.3 Å². The average molecular weight is 433 g/mol. The van der Waals surface area contributed by atoms with E-state index in [1.807, 2.05) is 36.4 Å². The minimum absolute atomic E-state index is 0.195. The molecular weight excluding hydrogens is 416 g/mol. The fourth-order valence-electron chi connectivity index (χ4n) is 3.09. The number of fused-ring (bicyclic) bond motifs is 1. The Bertz CT molecular complexity index is 1040. The topological polar surface area (TPSA) is 59.5 Å². The van der Waals surface area contributed by atoms with Crippen LogP contribution in [0.3, 0.4) is 0 Å². The quantitative estimate of drug-likeness (QED) is 0.628. The molecule has 1 fully saturated rings. The van der Waals surface area contributed by atoms with Crippen LogP contribution in [0.1, 0.15) is 6.42 Å². The minimum Gasteiger partial charge on any atom is -0.473 e. The van der Waals surface area contributed by atoms with Crippen molar-refractivity contribution in [2.75, 3.05) is 13.1 Å². The van der Waals surface area contributed by atoms with Gasteiger partial charge in [-0.2, -0.15) is 4.31 Å². The number of benzene rings is 2. The predicted molar refractivity (Wildman–Crippen MR) is 104 cm³/mol. The van der Waals surface area contributed by atoms with Gasteiger partial charge in [-0.1, -0.05) is 30.3 Å². The second-order valence-corrected chi connectivity index (χ2v) is 9.07. The number of halogens is 1. The van der Waals surface area contributed by atoms with Crippen LogP contribution in [0.2, 0.25) is 0 Å². The van der Waals surface area contributed by atoms with Crippen LogP contribution >= 0.6 is 15.9 Å². The molecule has 0 N–H and O–H groups in total. The molecule has 4 rings (SSSR count). The number of nitrogens with zero attached hydrogens (tertiary/aromatic N) is 2. The van der Waals surface area contributed by atoms with E-state index in [0.717, 1.165) is 15.2 Å². The van der Waals surface area contributed by atoms with E-state index < -0.39 is 10.0 Å². The van der Waals surface area contributed by atoms with Crippen molar-refractivity contribution in [1.82, 2.24) is 9.29 Å². The Balaban J connectivity index is 1.52. The van der Waals surface area contributed by atoms with Gasteiger partial charge in [0.25, 0.3) is 0 Å². The fourth-order valence-corrected chi connectivity index (χ4v) is 4.85. The van der Waals surface area contributed by atoms with Crippen LogP contribution in [0.25, 0.3) is 10.8 Å². The summed E-state index contributed by atoms with van der Waals surface area (Å²) in [5, 5.41) is 1.94. The van der Waals surface area contributed by atoms with Crippen LogP contribution in [-0.4, -0.2) is 36.9 Å². The van der Waals surface area contributed by atoms with Crippen molar-refractivity contribution in [3.8, 4) is 5.88 Å². The summed E-state index contributed by atoms with van der Waals surface area (Å²) < 4.78 is 34.1. The lowest BCUT2D eigenvalue weighted by atomic mass is 10.1. The SMILES string of the molecule is O=S(=O)(c1ccc2ccccc2c1)N1CCC(Oc2ccc(Br)cn2)C1. The van der Waals surface area contributed by atoms with Crippen molar-refractivity contribution < 1.29 is 13.2 Å². The largest absolute Gasteiger partial charge is 0.473 e. The maximum Gasteiger partial charge on any atom is 0.243 e. The molecule has 0 aliphatic carbocycles. The zero-order valence-corrected chi connectivity index (χ0v) is 16.3. The number of pyridine rings is 1. The first-order valence-corrected chi connectivity index (χ1v) is 10.5. The Labute approximate surface area is 160 Å². The molecule has 1 aliphatic rings. The highest BCUT2D eigenvalue weighted by Crippen LogP contribution is 2.26. The first-order valence-electron chi connectivity index (χ1n) is 8.29. The molecule has 134 valence electrons. The molecule has 2 aromatic carbocycles. The lowest BCUT2D eigenvalue weighted by Gasteiger charge is -2.17. The Morgan fingerprint density at radius 3 is 2.65 bits per heavy atom. The number of hydrogen-bond donors (Lipinski definition) is 0. The summed E-state index contributed by atoms with van der Waals surface area (Å²) in [5.41, 5.74) is 0. The second-order valence-electron chi connectivity index (χ2n) is 6.22. The maximum atomic E-state index is 13.0. The van der Waals surface area contributed by atoms with Crippen molar-refractivity contribution in [2.45, 2.75) is 17.4 Å². The summed E-state index contributed by atoms with van der Waals surface area (Å²) in [6, 6.07) is 16.6. The third kappa shape index (κ3) is 3.47. The summed E-state index contributed by atoms with van der Waals surface area (Å²) in [6.07, 6.45) is 2.11. The summed E-state index contributed by atoms with van der Waals surface area (Å²) >= 11 is 3.33. The van der Waals surface area contributed by atoms with Gasteiger partial charge in [0.1, 0.15) is 6.10 Å². The smallest absolute Gasteiger partial charge is 0.243 e. The lowest BCUT2D eigenvalue weighted by Crippen LogP contribution is -2.31. The summed E-state index contributed by atoms with van der Waals surface area (Å²) in [6.45, 7) is 0.767. The molecule has 26 heavy (non-hydrogen) atoms. The molecule has 2 heterocycles. The molecule has 0 bridgehead atoms. The molecule has 0 saturated carbocycles. The second kappa shape index (κ2) is 6.98. The van der Waals surface area contributed by atoms with Gasteiger partial charge in [0.05, 0.1) is 11.4 Å². The molecular formula is C19H17BrN2O3S. The van der Waals surface area contributed by atoms with Crippen molar-refractivity contribution >= 4 is 36.7 Å². The first-order chi connectivity index (χ1) is 12.5. The Kier molecular flexibility index (Phi) is 4.69. The number of hydrogen-bond acceptors (Lipinski definition) is 4. The van der Waals surface area contributed by atoms with Gasteiger partial charge >= 0.3 is 0 Å². The maximum absolute atomic E-state index is 13.0. The number of ether oxygens (including phenoxy) is 1. The Hall–Kier alpha value is -1.96. The molecule has 1 aromatic heterocycles. The third-order valence-electron chi connectivity index (χ3n) is 4.45. The zero-order valence-electron chi connectivity index (χ0n) is 13.9. The van der Waals surface area contributed by atoms with Gasteiger partial charge < -0.3 is 4.74 Å².